The smallest absolute Gasteiger partial charge is 0.130 e. The molecule has 1 rings (SSSR count). The average molecular weight is 272 g/mol. The van der Waals surface area contributed by atoms with E-state index in [-0.39, 0.29) is 5.82 Å². The normalized spacial score (nSPS) is 11.1. The van der Waals surface area contributed by atoms with Crippen molar-refractivity contribution in [1.82, 2.24) is 5.32 Å². The quantitative estimate of drug-likeness (QED) is 0.807. The molecule has 0 unspecified atom stereocenters. The average Bonchev–Trinajstić information content (AvgIpc) is 2.23. The van der Waals surface area contributed by atoms with Crippen LogP contribution >= 0.6 is 15.9 Å². The van der Waals surface area contributed by atoms with Crippen LogP contribution in [0.4, 0.5) is 4.39 Å². The van der Waals surface area contributed by atoms with Gasteiger partial charge in [-0.05, 0) is 37.7 Å². The molecule has 1 nitrogen and oxygen atoms in total. The summed E-state index contributed by atoms with van der Waals surface area (Å²) < 4.78 is 14.2. The van der Waals surface area contributed by atoms with E-state index in [0.717, 1.165) is 24.0 Å². The Morgan fingerprint density at radius 2 is 2.27 bits per heavy atom. The first kappa shape index (κ1) is 12.4. The highest BCUT2D eigenvalue weighted by molar-refractivity contribution is 9.10. The fraction of sp³-hybridized carbons (Fsp3) is 0.333. The minimum atomic E-state index is -0.182. The zero-order valence-electron chi connectivity index (χ0n) is 8.76. The van der Waals surface area contributed by atoms with Gasteiger partial charge in [-0.2, -0.15) is 0 Å². The molecule has 0 aliphatic rings. The largest absolute Gasteiger partial charge is 0.317 e. The van der Waals surface area contributed by atoms with Crippen LogP contribution in [0.2, 0.25) is 0 Å². The van der Waals surface area contributed by atoms with Gasteiger partial charge in [0.2, 0.25) is 0 Å². The van der Waals surface area contributed by atoms with Gasteiger partial charge in [0.25, 0.3) is 0 Å². The Kier molecular flexibility index (Phi) is 5.58. The van der Waals surface area contributed by atoms with Crippen molar-refractivity contribution in [2.45, 2.75) is 13.3 Å². The topological polar surface area (TPSA) is 12.0 Å². The molecule has 0 bridgehead atoms. The second-order valence-corrected chi connectivity index (χ2v) is 4.13. The predicted molar refractivity (Wildman–Crippen MR) is 66.3 cm³/mol. The maximum Gasteiger partial charge on any atom is 0.130 e. The highest BCUT2D eigenvalue weighted by atomic mass is 79.9. The molecule has 0 radical (unpaired) electrons. The van der Waals surface area contributed by atoms with Gasteiger partial charge in [0.05, 0.1) is 0 Å². The zero-order chi connectivity index (χ0) is 11.1. The molecule has 0 saturated carbocycles. The van der Waals surface area contributed by atoms with Gasteiger partial charge in [-0.1, -0.05) is 35.0 Å². The van der Waals surface area contributed by atoms with E-state index in [1.165, 1.54) is 6.07 Å². The standard InChI is InChI=1S/C12H15BrFN/c1-2-15-8-4-3-5-10-9-11(13)6-7-12(10)14/h3,5-7,9,15H,2,4,8H2,1H3. The van der Waals surface area contributed by atoms with Crippen LogP contribution in [-0.2, 0) is 0 Å². The van der Waals surface area contributed by atoms with Crippen LogP contribution in [0, 0.1) is 5.82 Å². The molecule has 1 aromatic carbocycles. The van der Waals surface area contributed by atoms with Crippen molar-refractivity contribution in [2.75, 3.05) is 13.1 Å². The van der Waals surface area contributed by atoms with Crippen molar-refractivity contribution < 1.29 is 4.39 Å². The van der Waals surface area contributed by atoms with E-state index in [9.17, 15) is 4.39 Å². The van der Waals surface area contributed by atoms with E-state index >= 15 is 0 Å². The third-order valence-corrected chi connectivity index (χ3v) is 2.49. The van der Waals surface area contributed by atoms with Gasteiger partial charge < -0.3 is 5.32 Å². The van der Waals surface area contributed by atoms with Gasteiger partial charge in [-0.15, -0.1) is 0 Å². The lowest BCUT2D eigenvalue weighted by Gasteiger charge is -1.98. The Balaban J connectivity index is 2.52. The van der Waals surface area contributed by atoms with E-state index in [1.54, 1.807) is 12.1 Å². The lowest BCUT2D eigenvalue weighted by molar-refractivity contribution is 0.624. The summed E-state index contributed by atoms with van der Waals surface area (Å²) in [5, 5.41) is 3.21. The molecule has 3 heteroatoms. The number of hydrogen-bond acceptors (Lipinski definition) is 1. The van der Waals surface area contributed by atoms with Crippen LogP contribution in [0.25, 0.3) is 6.08 Å². The molecule has 0 amide bonds. The van der Waals surface area contributed by atoms with E-state index in [2.05, 4.69) is 28.2 Å². The van der Waals surface area contributed by atoms with E-state index in [4.69, 9.17) is 0 Å². The van der Waals surface area contributed by atoms with Crippen LogP contribution < -0.4 is 5.32 Å². The third-order valence-electron chi connectivity index (χ3n) is 1.99. The zero-order valence-corrected chi connectivity index (χ0v) is 10.3. The maximum atomic E-state index is 13.3. The van der Waals surface area contributed by atoms with Crippen LogP contribution in [0.1, 0.15) is 18.9 Å². The van der Waals surface area contributed by atoms with Gasteiger partial charge in [0.1, 0.15) is 5.82 Å². The molecular weight excluding hydrogens is 257 g/mol. The Labute approximate surface area is 98.5 Å². The van der Waals surface area contributed by atoms with E-state index in [1.807, 2.05) is 12.2 Å². The molecule has 0 aromatic heterocycles. The summed E-state index contributed by atoms with van der Waals surface area (Å²) in [5.41, 5.74) is 0.626. The molecule has 0 spiro atoms. The van der Waals surface area contributed by atoms with Crippen molar-refractivity contribution in [3.8, 4) is 0 Å². The monoisotopic (exact) mass is 271 g/mol. The first-order valence-electron chi connectivity index (χ1n) is 5.06. The minimum absolute atomic E-state index is 0.182. The SMILES string of the molecule is CCNCCC=Cc1cc(Br)ccc1F. The molecule has 0 aliphatic carbocycles. The summed E-state index contributed by atoms with van der Waals surface area (Å²) >= 11 is 3.32. The summed E-state index contributed by atoms with van der Waals surface area (Å²) in [7, 11) is 0. The third kappa shape index (κ3) is 4.58. The summed E-state index contributed by atoms with van der Waals surface area (Å²) in [6, 6.07) is 4.94. The fourth-order valence-corrected chi connectivity index (χ4v) is 1.59. The highest BCUT2D eigenvalue weighted by Crippen LogP contribution is 2.16. The molecule has 0 aliphatic heterocycles. The van der Waals surface area contributed by atoms with Crippen molar-refractivity contribution in [3.05, 3.63) is 40.1 Å². The molecule has 1 aromatic rings. The Morgan fingerprint density at radius 3 is 3.00 bits per heavy atom. The van der Waals surface area contributed by atoms with Crippen molar-refractivity contribution >= 4 is 22.0 Å². The van der Waals surface area contributed by atoms with Crippen molar-refractivity contribution in [2.24, 2.45) is 0 Å². The molecule has 0 saturated heterocycles. The van der Waals surface area contributed by atoms with Gasteiger partial charge >= 0.3 is 0 Å². The summed E-state index contributed by atoms with van der Waals surface area (Å²) in [5.74, 6) is -0.182. The van der Waals surface area contributed by atoms with Crippen molar-refractivity contribution in [3.63, 3.8) is 0 Å². The number of nitrogens with one attached hydrogen (secondary N) is 1. The second kappa shape index (κ2) is 6.75. The molecule has 15 heavy (non-hydrogen) atoms. The predicted octanol–water partition coefficient (Wildman–Crippen LogP) is 3.60. The minimum Gasteiger partial charge on any atom is -0.317 e. The molecule has 0 heterocycles. The van der Waals surface area contributed by atoms with E-state index in [0.29, 0.717) is 5.56 Å². The summed E-state index contributed by atoms with van der Waals surface area (Å²) in [6.07, 6.45) is 4.71. The first-order chi connectivity index (χ1) is 7.24. The number of rotatable bonds is 5. The second-order valence-electron chi connectivity index (χ2n) is 3.21. The number of hydrogen-bond donors (Lipinski definition) is 1. The summed E-state index contributed by atoms with van der Waals surface area (Å²) in [6.45, 7) is 3.97. The van der Waals surface area contributed by atoms with Gasteiger partial charge in [-0.3, -0.25) is 0 Å². The van der Waals surface area contributed by atoms with Gasteiger partial charge in [0.15, 0.2) is 0 Å². The lowest BCUT2D eigenvalue weighted by atomic mass is 10.2. The van der Waals surface area contributed by atoms with Crippen LogP contribution in [-0.4, -0.2) is 13.1 Å². The first-order valence-corrected chi connectivity index (χ1v) is 5.85. The maximum absolute atomic E-state index is 13.3. The molecule has 0 fully saturated rings. The lowest BCUT2D eigenvalue weighted by Crippen LogP contribution is -2.12. The molecule has 82 valence electrons. The molecule has 1 N–H and O–H groups in total. The van der Waals surface area contributed by atoms with Crippen LogP contribution in [0.5, 0.6) is 0 Å². The number of benzene rings is 1. The molecule has 0 atom stereocenters. The number of halogens is 2. The van der Waals surface area contributed by atoms with Crippen LogP contribution in [0.3, 0.4) is 0 Å². The molecular formula is C12H15BrFN. The van der Waals surface area contributed by atoms with Crippen molar-refractivity contribution in [1.29, 1.82) is 0 Å². The highest BCUT2D eigenvalue weighted by Gasteiger charge is 1.97. The van der Waals surface area contributed by atoms with Crippen LogP contribution in [0.15, 0.2) is 28.7 Å². The Morgan fingerprint density at radius 1 is 1.47 bits per heavy atom. The van der Waals surface area contributed by atoms with Gasteiger partial charge in [0, 0.05) is 10.0 Å². The van der Waals surface area contributed by atoms with E-state index < -0.39 is 0 Å². The fourth-order valence-electron chi connectivity index (χ4n) is 1.21. The summed E-state index contributed by atoms with van der Waals surface area (Å²) in [4.78, 5) is 0. The Bertz CT molecular complexity index is 336. The van der Waals surface area contributed by atoms with Gasteiger partial charge in [-0.25, -0.2) is 4.39 Å². The Hall–Kier alpha value is -0.670.